The van der Waals surface area contributed by atoms with E-state index in [1.165, 1.54) is 18.2 Å². The number of carbonyl (C=O) groups is 1. The maximum Gasteiger partial charge on any atom is 0.186 e. The molecule has 3 nitrogen and oxygen atoms in total. The predicted molar refractivity (Wildman–Crippen MR) is 108 cm³/mol. The van der Waals surface area contributed by atoms with Gasteiger partial charge in [-0.05, 0) is 47.0 Å². The molecule has 0 saturated heterocycles. The van der Waals surface area contributed by atoms with E-state index in [4.69, 9.17) is 0 Å². The van der Waals surface area contributed by atoms with Gasteiger partial charge in [0.15, 0.2) is 5.78 Å². The van der Waals surface area contributed by atoms with Crippen LogP contribution in [-0.2, 0) is 0 Å². The smallest absolute Gasteiger partial charge is 0.186 e. The molecule has 0 spiro atoms. The largest absolute Gasteiger partial charge is 0.506 e. The van der Waals surface area contributed by atoms with Crippen molar-refractivity contribution in [2.75, 3.05) is 19.0 Å². The second-order valence-electron chi connectivity index (χ2n) is 6.40. The van der Waals surface area contributed by atoms with Crippen LogP contribution in [0, 0.1) is 5.82 Å². The number of benzene rings is 3. The van der Waals surface area contributed by atoms with E-state index in [0.29, 0.717) is 22.4 Å². The molecule has 0 saturated carbocycles. The molecule has 1 N–H and O–H groups in total. The number of carbonyl (C=O) groups excluding carboxylic acids is 1. The summed E-state index contributed by atoms with van der Waals surface area (Å²) in [7, 11) is 3.69. The number of allylic oxidation sites excluding steroid dienone is 1. The summed E-state index contributed by atoms with van der Waals surface area (Å²) >= 11 is 0. The molecule has 3 aromatic carbocycles. The number of rotatable bonds is 5. The normalized spacial score (nSPS) is 10.9. The molecule has 136 valence electrons. The number of halogens is 1. The molecule has 3 rings (SSSR count). The number of phenols is 1. The van der Waals surface area contributed by atoms with Crippen LogP contribution in [0.15, 0.2) is 72.8 Å². The summed E-state index contributed by atoms with van der Waals surface area (Å²) in [6.07, 6.45) is 3.12. The monoisotopic (exact) mass is 361 g/mol. The lowest BCUT2D eigenvalue weighted by Gasteiger charge is -2.14. The zero-order valence-electron chi connectivity index (χ0n) is 15.2. The molecule has 0 aliphatic rings. The van der Waals surface area contributed by atoms with Gasteiger partial charge in [-0.25, -0.2) is 4.39 Å². The molecule has 0 fully saturated rings. The molecule has 27 heavy (non-hydrogen) atoms. The second kappa shape index (κ2) is 7.87. The Kier molecular flexibility index (Phi) is 5.36. The van der Waals surface area contributed by atoms with Crippen LogP contribution in [0.25, 0.3) is 17.2 Å². The molecular formula is C23H20FNO2. The van der Waals surface area contributed by atoms with Crippen molar-refractivity contribution < 1.29 is 14.3 Å². The van der Waals surface area contributed by atoms with Crippen molar-refractivity contribution in [3.05, 3.63) is 89.8 Å². The summed E-state index contributed by atoms with van der Waals surface area (Å²) in [5, 5.41) is 10.1. The van der Waals surface area contributed by atoms with Gasteiger partial charge < -0.3 is 10.0 Å². The first kappa shape index (κ1) is 18.4. The Morgan fingerprint density at radius 3 is 2.48 bits per heavy atom. The molecule has 0 heterocycles. The highest BCUT2D eigenvalue weighted by atomic mass is 19.1. The Hall–Kier alpha value is -3.40. The minimum absolute atomic E-state index is 0.148. The van der Waals surface area contributed by atoms with Gasteiger partial charge in [-0.3, -0.25) is 4.79 Å². The van der Waals surface area contributed by atoms with Crippen molar-refractivity contribution >= 4 is 17.5 Å². The molecule has 4 heteroatoms. The van der Waals surface area contributed by atoms with Gasteiger partial charge in [0.05, 0.1) is 5.69 Å². The van der Waals surface area contributed by atoms with Crippen LogP contribution in [0.5, 0.6) is 5.75 Å². The van der Waals surface area contributed by atoms with Gasteiger partial charge in [0, 0.05) is 19.7 Å². The minimum atomic E-state index is -0.346. The highest BCUT2D eigenvalue weighted by molar-refractivity contribution is 6.11. The lowest BCUT2D eigenvalue weighted by atomic mass is 9.96. The van der Waals surface area contributed by atoms with E-state index < -0.39 is 0 Å². The molecule has 0 bridgehead atoms. The fourth-order valence-corrected chi connectivity index (χ4v) is 2.89. The highest BCUT2D eigenvalue weighted by Gasteiger charge is 2.11. The third-order valence-electron chi connectivity index (χ3n) is 4.24. The highest BCUT2D eigenvalue weighted by Crippen LogP contribution is 2.28. The van der Waals surface area contributed by atoms with E-state index in [1.54, 1.807) is 48.5 Å². The van der Waals surface area contributed by atoms with Crippen LogP contribution in [0.4, 0.5) is 10.1 Å². The lowest BCUT2D eigenvalue weighted by molar-refractivity contribution is 0.104. The Bertz CT molecular complexity index is 1010. The molecule has 0 aliphatic heterocycles. The van der Waals surface area contributed by atoms with Crippen LogP contribution in [0.3, 0.4) is 0 Å². The Balaban J connectivity index is 1.89. The fraction of sp³-hybridized carbons (Fsp3) is 0.0870. The van der Waals surface area contributed by atoms with Gasteiger partial charge in [-0.15, -0.1) is 0 Å². The molecule has 0 unspecified atom stereocenters. The van der Waals surface area contributed by atoms with Crippen molar-refractivity contribution in [2.45, 2.75) is 0 Å². The summed E-state index contributed by atoms with van der Waals surface area (Å²) in [6, 6.07) is 18.5. The fourth-order valence-electron chi connectivity index (χ4n) is 2.89. The molecule has 0 aliphatic carbocycles. The summed E-state index contributed by atoms with van der Waals surface area (Å²) in [6.45, 7) is 0. The van der Waals surface area contributed by atoms with Crippen LogP contribution >= 0.6 is 0 Å². The lowest BCUT2D eigenvalue weighted by Crippen LogP contribution is -2.08. The molecule has 0 radical (unpaired) electrons. The van der Waals surface area contributed by atoms with Gasteiger partial charge in [-0.1, -0.05) is 48.5 Å². The number of nitrogens with zero attached hydrogens (tertiary/aromatic N) is 1. The first-order chi connectivity index (χ1) is 13.0. The number of phenolic OH excluding ortho intramolecular Hbond substituents is 1. The van der Waals surface area contributed by atoms with E-state index in [-0.39, 0.29) is 17.3 Å². The van der Waals surface area contributed by atoms with Crippen LogP contribution in [-0.4, -0.2) is 25.0 Å². The van der Waals surface area contributed by atoms with Gasteiger partial charge in [0.2, 0.25) is 0 Å². The van der Waals surface area contributed by atoms with Crippen molar-refractivity contribution in [3.8, 4) is 16.9 Å². The van der Waals surface area contributed by atoms with Crippen molar-refractivity contribution in [2.24, 2.45) is 0 Å². The first-order valence-electron chi connectivity index (χ1n) is 8.53. The number of aromatic hydroxyl groups is 1. The molecular weight excluding hydrogens is 341 g/mol. The molecule has 0 atom stereocenters. The molecule has 0 amide bonds. The number of ketones is 1. The predicted octanol–water partition coefficient (Wildman–Crippen LogP) is 5.16. The summed E-state index contributed by atoms with van der Waals surface area (Å²) < 4.78 is 13.6. The van der Waals surface area contributed by atoms with Gasteiger partial charge in [0.1, 0.15) is 11.6 Å². The third kappa shape index (κ3) is 4.23. The average Bonchev–Trinajstić information content (AvgIpc) is 2.66. The SMILES string of the molecule is CN(C)c1ccc(/C=C/C(=O)c2ccccc2-c2cccc(F)c2)cc1O. The standard InChI is InChI=1S/C23H20FNO2/c1-25(2)21-12-10-16(14-23(21)27)11-13-22(26)20-9-4-3-8-19(20)17-6-5-7-18(24)15-17/h3-15,27H,1-2H3/b13-11+. The van der Waals surface area contributed by atoms with Crippen LogP contribution in [0.2, 0.25) is 0 Å². The Morgan fingerprint density at radius 2 is 1.78 bits per heavy atom. The molecule has 3 aromatic rings. The van der Waals surface area contributed by atoms with Crippen molar-refractivity contribution in [1.29, 1.82) is 0 Å². The van der Waals surface area contributed by atoms with Gasteiger partial charge >= 0.3 is 0 Å². The van der Waals surface area contributed by atoms with Crippen molar-refractivity contribution in [1.82, 2.24) is 0 Å². The minimum Gasteiger partial charge on any atom is -0.506 e. The molecule has 0 aromatic heterocycles. The summed E-state index contributed by atoms with van der Waals surface area (Å²) in [5.74, 6) is -0.387. The second-order valence-corrected chi connectivity index (χ2v) is 6.40. The maximum atomic E-state index is 13.6. The average molecular weight is 361 g/mol. The topological polar surface area (TPSA) is 40.5 Å². The Morgan fingerprint density at radius 1 is 1.00 bits per heavy atom. The van der Waals surface area contributed by atoms with E-state index in [2.05, 4.69) is 0 Å². The number of hydrogen-bond donors (Lipinski definition) is 1. The van der Waals surface area contributed by atoms with E-state index in [0.717, 1.165) is 5.56 Å². The van der Waals surface area contributed by atoms with Gasteiger partial charge in [0.25, 0.3) is 0 Å². The zero-order chi connectivity index (χ0) is 19.4. The first-order valence-corrected chi connectivity index (χ1v) is 8.53. The van der Waals surface area contributed by atoms with Gasteiger partial charge in [-0.2, -0.15) is 0 Å². The number of anilines is 1. The summed E-state index contributed by atoms with van der Waals surface area (Å²) in [4.78, 5) is 14.5. The van der Waals surface area contributed by atoms with Crippen LogP contribution in [0.1, 0.15) is 15.9 Å². The maximum absolute atomic E-state index is 13.6. The zero-order valence-corrected chi connectivity index (χ0v) is 15.2. The van der Waals surface area contributed by atoms with Crippen molar-refractivity contribution in [3.63, 3.8) is 0 Å². The van der Waals surface area contributed by atoms with Crippen LogP contribution < -0.4 is 4.90 Å². The Labute approximate surface area is 158 Å². The van der Waals surface area contributed by atoms with E-state index in [1.807, 2.05) is 31.1 Å². The summed E-state index contributed by atoms with van der Waals surface area (Å²) in [5.41, 5.74) is 3.25. The number of hydrogen-bond acceptors (Lipinski definition) is 3. The van der Waals surface area contributed by atoms with E-state index in [9.17, 15) is 14.3 Å². The quantitative estimate of drug-likeness (QED) is 0.504. The third-order valence-corrected chi connectivity index (χ3v) is 4.24. The van der Waals surface area contributed by atoms with E-state index >= 15 is 0 Å².